The van der Waals surface area contributed by atoms with E-state index in [1.165, 1.54) is 12.4 Å². The molecule has 11 heteroatoms. The maximum absolute atomic E-state index is 12.9. The second-order valence-electron chi connectivity index (χ2n) is 8.08. The molecule has 0 aromatic carbocycles. The van der Waals surface area contributed by atoms with E-state index in [-0.39, 0.29) is 35.1 Å². The summed E-state index contributed by atoms with van der Waals surface area (Å²) >= 11 is 6.15. The lowest BCUT2D eigenvalue weighted by molar-refractivity contribution is -0.137. The number of carbonyl (C=O) groups excluding carboxylic acids is 2. The first-order valence-corrected chi connectivity index (χ1v) is 10.8. The molecular formula is C22H23ClN8O2. The Balaban J connectivity index is 1.53. The number of likely N-dealkylation sites (N-methyl/N-ethyl adjacent to an activating group) is 1. The maximum Gasteiger partial charge on any atom is 0.255 e. The van der Waals surface area contributed by atoms with E-state index in [0.717, 1.165) is 0 Å². The molecule has 0 radical (unpaired) electrons. The molecular weight excluding hydrogens is 444 g/mol. The Kier molecular flexibility index (Phi) is 6.26. The summed E-state index contributed by atoms with van der Waals surface area (Å²) in [5.41, 5.74) is 1.48. The van der Waals surface area contributed by atoms with E-state index in [1.807, 2.05) is 6.08 Å². The van der Waals surface area contributed by atoms with E-state index < -0.39 is 11.9 Å². The lowest BCUT2D eigenvalue weighted by atomic mass is 9.89. The highest BCUT2D eigenvalue weighted by Crippen LogP contribution is 2.24. The van der Waals surface area contributed by atoms with Crippen molar-refractivity contribution < 1.29 is 9.59 Å². The molecule has 1 aliphatic carbocycles. The van der Waals surface area contributed by atoms with Crippen molar-refractivity contribution >= 4 is 40.3 Å². The molecule has 2 unspecified atom stereocenters. The lowest BCUT2D eigenvalue weighted by Gasteiger charge is -2.37. The number of allylic oxidation sites excluding steroid dienone is 2. The Bertz CT molecular complexity index is 1220. The number of hydrogen-bond acceptors (Lipinski definition) is 7. The quantitative estimate of drug-likeness (QED) is 0.471. The zero-order valence-corrected chi connectivity index (χ0v) is 18.8. The minimum absolute atomic E-state index is 0.125. The molecule has 10 nitrogen and oxygen atoms in total. The molecule has 4 rings (SSSR count). The molecule has 0 spiro atoms. The summed E-state index contributed by atoms with van der Waals surface area (Å²) in [4.78, 5) is 38.7. The SMILES string of the molecule is CNC1C=CC(Cl)=CC1C(=N)c1cnc2[nH]cc(C(=O)N[C@H](C)C(=O)N3CC(C#N)C3)c2n1. The van der Waals surface area contributed by atoms with Gasteiger partial charge in [0, 0.05) is 36.3 Å². The van der Waals surface area contributed by atoms with Crippen molar-refractivity contribution in [2.45, 2.75) is 19.0 Å². The molecule has 2 aliphatic rings. The summed E-state index contributed by atoms with van der Waals surface area (Å²) in [5, 5.41) is 23.9. The van der Waals surface area contributed by atoms with Gasteiger partial charge in [0.05, 0.1) is 29.5 Å². The van der Waals surface area contributed by atoms with Crippen LogP contribution in [-0.4, -0.2) is 69.6 Å². The molecule has 33 heavy (non-hydrogen) atoms. The van der Waals surface area contributed by atoms with Crippen molar-refractivity contribution in [3.8, 4) is 6.07 Å². The number of rotatable bonds is 6. The van der Waals surface area contributed by atoms with Gasteiger partial charge >= 0.3 is 0 Å². The van der Waals surface area contributed by atoms with Gasteiger partial charge in [-0.3, -0.25) is 9.59 Å². The van der Waals surface area contributed by atoms with Gasteiger partial charge in [-0.2, -0.15) is 5.26 Å². The summed E-state index contributed by atoms with van der Waals surface area (Å²) in [6, 6.07) is 1.24. The van der Waals surface area contributed by atoms with Crippen LogP contribution < -0.4 is 10.6 Å². The summed E-state index contributed by atoms with van der Waals surface area (Å²) < 4.78 is 0. The predicted molar refractivity (Wildman–Crippen MR) is 123 cm³/mol. The van der Waals surface area contributed by atoms with Crippen LogP contribution in [0.2, 0.25) is 0 Å². The third-order valence-electron chi connectivity index (χ3n) is 5.85. The first kappa shape index (κ1) is 22.6. The van der Waals surface area contributed by atoms with Crippen LogP contribution in [0.5, 0.6) is 0 Å². The van der Waals surface area contributed by atoms with Crippen LogP contribution in [0, 0.1) is 28.6 Å². The Labute approximate surface area is 195 Å². The molecule has 4 N–H and O–H groups in total. The molecule has 2 amide bonds. The Hall–Kier alpha value is -3.55. The second-order valence-corrected chi connectivity index (χ2v) is 8.52. The topological polar surface area (TPSA) is 151 Å². The first-order chi connectivity index (χ1) is 15.8. The van der Waals surface area contributed by atoms with Crippen LogP contribution in [0.25, 0.3) is 11.2 Å². The smallest absolute Gasteiger partial charge is 0.255 e. The number of nitriles is 1. The van der Waals surface area contributed by atoms with Gasteiger partial charge in [-0.1, -0.05) is 23.8 Å². The Morgan fingerprint density at radius 3 is 2.88 bits per heavy atom. The largest absolute Gasteiger partial charge is 0.344 e. The van der Waals surface area contributed by atoms with Gasteiger partial charge in [0.25, 0.3) is 5.91 Å². The van der Waals surface area contributed by atoms with Gasteiger partial charge in [0.15, 0.2) is 5.65 Å². The van der Waals surface area contributed by atoms with Gasteiger partial charge in [-0.25, -0.2) is 9.97 Å². The minimum atomic E-state index is -0.755. The highest BCUT2D eigenvalue weighted by Gasteiger charge is 2.34. The first-order valence-electron chi connectivity index (χ1n) is 10.5. The number of amides is 2. The van der Waals surface area contributed by atoms with Crippen LogP contribution in [-0.2, 0) is 4.79 Å². The molecule has 1 saturated heterocycles. The molecule has 2 aromatic heterocycles. The summed E-state index contributed by atoms with van der Waals surface area (Å²) in [6.45, 7) is 2.36. The third kappa shape index (κ3) is 4.37. The van der Waals surface area contributed by atoms with Gasteiger partial charge in [0.2, 0.25) is 5.91 Å². The summed E-state index contributed by atoms with van der Waals surface area (Å²) in [6.07, 6.45) is 8.41. The molecule has 0 bridgehead atoms. The number of fused-ring (bicyclic) bond motifs is 1. The van der Waals surface area contributed by atoms with Gasteiger partial charge in [-0.05, 0) is 20.0 Å². The fourth-order valence-electron chi connectivity index (χ4n) is 3.90. The highest BCUT2D eigenvalue weighted by atomic mass is 35.5. The number of aromatic nitrogens is 3. The zero-order chi connectivity index (χ0) is 23.7. The molecule has 3 atom stereocenters. The van der Waals surface area contributed by atoms with Crippen LogP contribution in [0.1, 0.15) is 23.0 Å². The summed E-state index contributed by atoms with van der Waals surface area (Å²) in [5.74, 6) is -1.22. The number of hydrogen-bond donors (Lipinski definition) is 4. The standard InChI is InChI=1S/C22H23ClN8O2/c1-11(22(33)31-9-12(6-24)10-31)29-21(32)15-7-27-20-19(15)30-17(8-28-20)18(25)14-5-13(23)3-4-16(14)26-2/h3-5,7-8,11-12,14,16,25-26H,9-10H2,1-2H3,(H,27,28)(H,29,32)/t11-,14?,16?/m1/s1. The van der Waals surface area contributed by atoms with Crippen molar-refractivity contribution in [3.05, 3.63) is 46.9 Å². The van der Waals surface area contributed by atoms with Gasteiger partial charge in [-0.15, -0.1) is 0 Å². The number of carbonyl (C=O) groups is 2. The monoisotopic (exact) mass is 466 g/mol. The van der Waals surface area contributed by atoms with Crippen LogP contribution in [0.3, 0.4) is 0 Å². The van der Waals surface area contributed by atoms with Crippen molar-refractivity contribution in [2.75, 3.05) is 20.1 Å². The summed E-state index contributed by atoms with van der Waals surface area (Å²) in [7, 11) is 1.80. The fourth-order valence-corrected chi connectivity index (χ4v) is 4.11. The lowest BCUT2D eigenvalue weighted by Crippen LogP contribution is -2.55. The average Bonchev–Trinajstić information content (AvgIpc) is 3.21. The highest BCUT2D eigenvalue weighted by molar-refractivity contribution is 6.31. The number of likely N-dealkylation sites (tertiary alicyclic amines) is 1. The zero-order valence-electron chi connectivity index (χ0n) is 18.1. The van der Waals surface area contributed by atoms with Crippen molar-refractivity contribution in [3.63, 3.8) is 0 Å². The minimum Gasteiger partial charge on any atom is -0.344 e. The molecule has 3 heterocycles. The normalized spacial score (nSPS) is 21.2. The third-order valence-corrected chi connectivity index (χ3v) is 6.10. The number of aromatic amines is 1. The van der Waals surface area contributed by atoms with Crippen molar-refractivity contribution in [2.24, 2.45) is 11.8 Å². The van der Waals surface area contributed by atoms with Gasteiger partial charge < -0.3 is 25.9 Å². The molecule has 1 aliphatic heterocycles. The van der Waals surface area contributed by atoms with E-state index >= 15 is 0 Å². The fraction of sp³-hybridized carbons (Fsp3) is 0.364. The van der Waals surface area contributed by atoms with E-state index in [0.29, 0.717) is 35.0 Å². The number of H-pyrrole nitrogens is 1. The molecule has 170 valence electrons. The van der Waals surface area contributed by atoms with E-state index in [1.54, 1.807) is 31.0 Å². The van der Waals surface area contributed by atoms with Crippen LogP contribution in [0.4, 0.5) is 0 Å². The number of nitrogens with zero attached hydrogens (tertiary/aromatic N) is 4. The van der Waals surface area contributed by atoms with Crippen LogP contribution >= 0.6 is 11.6 Å². The van der Waals surface area contributed by atoms with E-state index in [4.69, 9.17) is 22.3 Å². The van der Waals surface area contributed by atoms with Crippen LogP contribution in [0.15, 0.2) is 35.7 Å². The molecule has 0 saturated carbocycles. The number of nitrogens with one attached hydrogen (secondary N) is 4. The Morgan fingerprint density at radius 2 is 2.18 bits per heavy atom. The van der Waals surface area contributed by atoms with E-state index in [2.05, 4.69) is 31.7 Å². The van der Waals surface area contributed by atoms with E-state index in [9.17, 15) is 9.59 Å². The van der Waals surface area contributed by atoms with Gasteiger partial charge in [0.1, 0.15) is 17.3 Å². The maximum atomic E-state index is 12.9. The Morgan fingerprint density at radius 1 is 1.42 bits per heavy atom. The molecule has 2 aromatic rings. The average molecular weight is 467 g/mol. The number of halogens is 1. The van der Waals surface area contributed by atoms with Crippen molar-refractivity contribution in [1.29, 1.82) is 10.7 Å². The van der Waals surface area contributed by atoms with Crippen molar-refractivity contribution in [1.82, 2.24) is 30.5 Å². The second kappa shape index (κ2) is 9.13. The predicted octanol–water partition coefficient (Wildman–Crippen LogP) is 1.32. The molecule has 1 fully saturated rings.